The Bertz CT molecular complexity index is 1120. The number of benzene rings is 2. The Labute approximate surface area is 155 Å². The highest BCUT2D eigenvalue weighted by molar-refractivity contribution is 9.10. The number of halogens is 2. The minimum Gasteiger partial charge on any atom is -0.310 e. The number of aromatic nitrogens is 2. The zero-order chi connectivity index (χ0) is 17.4. The van der Waals surface area contributed by atoms with Crippen LogP contribution in [0.5, 0.6) is 0 Å². The number of hydrogen-bond donors (Lipinski definition) is 1. The predicted molar refractivity (Wildman–Crippen MR) is 103 cm³/mol. The quantitative estimate of drug-likeness (QED) is 0.504. The molecule has 1 N–H and O–H groups in total. The van der Waals surface area contributed by atoms with Gasteiger partial charge in [0.25, 0.3) is 5.56 Å². The van der Waals surface area contributed by atoms with Gasteiger partial charge in [-0.25, -0.2) is 9.37 Å². The molecule has 0 atom stereocenters. The van der Waals surface area contributed by atoms with Gasteiger partial charge in [-0.05, 0) is 29.3 Å². The molecular formula is C19H12BrFN2OS. The Morgan fingerprint density at radius 1 is 1.12 bits per heavy atom. The number of fused-ring (bicyclic) bond motifs is 1. The van der Waals surface area contributed by atoms with Crippen LogP contribution in [0.1, 0.15) is 11.4 Å². The second-order valence-corrected chi connectivity index (χ2v) is 7.39. The molecule has 0 saturated carbocycles. The van der Waals surface area contributed by atoms with Crippen LogP contribution in [0.15, 0.2) is 63.2 Å². The van der Waals surface area contributed by atoms with Crippen LogP contribution in [0, 0.1) is 5.82 Å². The van der Waals surface area contributed by atoms with Crippen molar-refractivity contribution in [2.75, 3.05) is 0 Å². The maximum absolute atomic E-state index is 13.8. The van der Waals surface area contributed by atoms with Crippen LogP contribution in [-0.4, -0.2) is 9.97 Å². The van der Waals surface area contributed by atoms with Crippen molar-refractivity contribution in [3.63, 3.8) is 0 Å². The topological polar surface area (TPSA) is 45.8 Å². The Morgan fingerprint density at radius 2 is 1.88 bits per heavy atom. The summed E-state index contributed by atoms with van der Waals surface area (Å²) in [5.74, 6) is 0.166. The van der Waals surface area contributed by atoms with Crippen LogP contribution in [0.25, 0.3) is 21.3 Å². The van der Waals surface area contributed by atoms with E-state index in [0.29, 0.717) is 21.6 Å². The van der Waals surface area contributed by atoms with Crippen LogP contribution in [-0.2, 0) is 6.42 Å². The predicted octanol–water partition coefficient (Wildman–Crippen LogP) is 5.14. The van der Waals surface area contributed by atoms with Crippen molar-refractivity contribution < 1.29 is 4.39 Å². The molecule has 0 unspecified atom stereocenters. The summed E-state index contributed by atoms with van der Waals surface area (Å²) in [6, 6.07) is 14.3. The minimum atomic E-state index is -0.299. The molecule has 0 aliphatic carbocycles. The van der Waals surface area contributed by atoms with E-state index < -0.39 is 0 Å². The average molecular weight is 415 g/mol. The zero-order valence-corrected chi connectivity index (χ0v) is 15.3. The lowest BCUT2D eigenvalue weighted by molar-refractivity contribution is 0.612. The van der Waals surface area contributed by atoms with Crippen LogP contribution in [0.3, 0.4) is 0 Å². The standard InChI is InChI=1S/C19H12BrFN2OS/c20-13-7-5-11(6-8-13)14-10-25-19-17(14)18(24)22-16(23-19)9-12-3-1-2-4-15(12)21/h1-8,10H,9H2,(H,22,23,24). The SMILES string of the molecule is O=c1[nH]c(Cc2ccccc2F)nc2scc(-c3ccc(Br)cc3)c12. The largest absolute Gasteiger partial charge is 0.310 e. The van der Waals surface area contributed by atoms with Gasteiger partial charge in [0.15, 0.2) is 0 Å². The maximum Gasteiger partial charge on any atom is 0.260 e. The highest BCUT2D eigenvalue weighted by atomic mass is 79.9. The summed E-state index contributed by atoms with van der Waals surface area (Å²) in [5.41, 5.74) is 2.13. The summed E-state index contributed by atoms with van der Waals surface area (Å²) >= 11 is 4.83. The van der Waals surface area contributed by atoms with Gasteiger partial charge in [-0.1, -0.05) is 46.3 Å². The van der Waals surface area contributed by atoms with Gasteiger partial charge in [0.1, 0.15) is 16.5 Å². The van der Waals surface area contributed by atoms with Gasteiger partial charge in [0.2, 0.25) is 0 Å². The molecule has 0 saturated heterocycles. The summed E-state index contributed by atoms with van der Waals surface area (Å²) in [6.07, 6.45) is 0.253. The average Bonchev–Trinajstić information content (AvgIpc) is 3.02. The first kappa shape index (κ1) is 16.2. The summed E-state index contributed by atoms with van der Waals surface area (Å²) in [6.45, 7) is 0. The minimum absolute atomic E-state index is 0.199. The maximum atomic E-state index is 13.8. The Kier molecular flexibility index (Phi) is 4.23. The molecule has 0 radical (unpaired) electrons. The number of H-pyrrole nitrogens is 1. The molecule has 6 heteroatoms. The third-order valence-electron chi connectivity index (χ3n) is 3.96. The third-order valence-corrected chi connectivity index (χ3v) is 5.36. The van der Waals surface area contributed by atoms with Gasteiger partial charge in [-0.2, -0.15) is 0 Å². The highest BCUT2D eigenvalue weighted by Crippen LogP contribution is 2.31. The second-order valence-electron chi connectivity index (χ2n) is 5.62. The van der Waals surface area contributed by atoms with Crippen LogP contribution in [0.4, 0.5) is 4.39 Å². The van der Waals surface area contributed by atoms with E-state index in [2.05, 4.69) is 25.9 Å². The van der Waals surface area contributed by atoms with Gasteiger partial charge < -0.3 is 4.98 Å². The van der Waals surface area contributed by atoms with Crippen molar-refractivity contribution in [2.24, 2.45) is 0 Å². The van der Waals surface area contributed by atoms with E-state index in [1.165, 1.54) is 17.4 Å². The van der Waals surface area contributed by atoms with Crippen molar-refractivity contribution in [3.05, 3.63) is 85.9 Å². The molecule has 0 amide bonds. The molecule has 25 heavy (non-hydrogen) atoms. The Morgan fingerprint density at radius 3 is 2.64 bits per heavy atom. The van der Waals surface area contributed by atoms with E-state index in [1.807, 2.05) is 29.6 Å². The van der Waals surface area contributed by atoms with Gasteiger partial charge in [-0.3, -0.25) is 4.79 Å². The van der Waals surface area contributed by atoms with Gasteiger partial charge in [0.05, 0.1) is 5.39 Å². The Hall–Kier alpha value is -2.31. The van der Waals surface area contributed by atoms with Crippen molar-refractivity contribution in [1.82, 2.24) is 9.97 Å². The van der Waals surface area contributed by atoms with Crippen molar-refractivity contribution in [1.29, 1.82) is 0 Å². The second kappa shape index (κ2) is 6.54. The summed E-state index contributed by atoms with van der Waals surface area (Å²) in [5, 5.41) is 2.51. The van der Waals surface area contributed by atoms with Crippen molar-refractivity contribution in [2.45, 2.75) is 6.42 Å². The number of aromatic amines is 1. The summed E-state index contributed by atoms with van der Waals surface area (Å²) in [7, 11) is 0. The first-order valence-electron chi connectivity index (χ1n) is 7.61. The normalized spacial score (nSPS) is 11.1. The molecule has 0 bridgehead atoms. The molecule has 0 aliphatic heterocycles. The highest BCUT2D eigenvalue weighted by Gasteiger charge is 2.14. The molecule has 0 fully saturated rings. The van der Waals surface area contributed by atoms with Gasteiger partial charge in [0, 0.05) is 21.8 Å². The summed E-state index contributed by atoms with van der Waals surface area (Å²) < 4.78 is 14.8. The lowest BCUT2D eigenvalue weighted by atomic mass is 10.1. The van der Waals surface area contributed by atoms with Gasteiger partial charge in [-0.15, -0.1) is 11.3 Å². The van der Waals surface area contributed by atoms with E-state index in [-0.39, 0.29) is 17.8 Å². The molecule has 0 aliphatic rings. The van der Waals surface area contributed by atoms with Crippen LogP contribution in [0.2, 0.25) is 0 Å². The third kappa shape index (κ3) is 3.15. The molecule has 2 aromatic carbocycles. The van der Waals surface area contributed by atoms with Crippen LogP contribution >= 0.6 is 27.3 Å². The van der Waals surface area contributed by atoms with Crippen LogP contribution < -0.4 is 5.56 Å². The molecule has 4 rings (SSSR count). The smallest absolute Gasteiger partial charge is 0.260 e. The zero-order valence-electron chi connectivity index (χ0n) is 12.9. The van der Waals surface area contributed by atoms with E-state index in [4.69, 9.17) is 0 Å². The first-order chi connectivity index (χ1) is 12.1. The number of thiophene rings is 1. The lowest BCUT2D eigenvalue weighted by Crippen LogP contribution is -2.12. The number of hydrogen-bond acceptors (Lipinski definition) is 3. The van der Waals surface area contributed by atoms with Crippen molar-refractivity contribution >= 4 is 37.5 Å². The Balaban J connectivity index is 1.78. The number of nitrogens with one attached hydrogen (secondary N) is 1. The van der Waals surface area contributed by atoms with Crippen molar-refractivity contribution in [3.8, 4) is 11.1 Å². The fourth-order valence-electron chi connectivity index (χ4n) is 2.74. The molecule has 4 aromatic rings. The molecular weight excluding hydrogens is 403 g/mol. The number of rotatable bonds is 3. The molecule has 0 spiro atoms. The van der Waals surface area contributed by atoms with E-state index in [0.717, 1.165) is 15.6 Å². The summed E-state index contributed by atoms with van der Waals surface area (Å²) in [4.78, 5) is 20.6. The first-order valence-corrected chi connectivity index (χ1v) is 9.29. The van der Waals surface area contributed by atoms with E-state index in [9.17, 15) is 9.18 Å². The fourth-order valence-corrected chi connectivity index (χ4v) is 3.97. The van der Waals surface area contributed by atoms with E-state index >= 15 is 0 Å². The van der Waals surface area contributed by atoms with E-state index in [1.54, 1.807) is 18.2 Å². The molecule has 3 nitrogen and oxygen atoms in total. The van der Waals surface area contributed by atoms with Gasteiger partial charge >= 0.3 is 0 Å². The molecule has 2 aromatic heterocycles. The number of nitrogens with zero attached hydrogens (tertiary/aromatic N) is 1. The molecule has 124 valence electrons. The fraction of sp³-hybridized carbons (Fsp3) is 0.0526. The monoisotopic (exact) mass is 414 g/mol. The molecule has 2 heterocycles. The lowest BCUT2D eigenvalue weighted by Gasteiger charge is -2.04.